The van der Waals surface area contributed by atoms with Gasteiger partial charge in [0.2, 0.25) is 0 Å². The van der Waals surface area contributed by atoms with E-state index in [-0.39, 0.29) is 0 Å². The lowest BCUT2D eigenvalue weighted by Gasteiger charge is -2.10. The van der Waals surface area contributed by atoms with Crippen LogP contribution in [0, 0.1) is 0 Å². The second-order valence-corrected chi connectivity index (χ2v) is 20.7. The Morgan fingerprint density at radius 3 is 0.871 bits per heavy atom. The summed E-state index contributed by atoms with van der Waals surface area (Å²) in [5.74, 6) is 0. The molecule has 4 nitrogen and oxygen atoms in total. The van der Waals surface area contributed by atoms with E-state index >= 15 is 0 Å². The van der Waals surface area contributed by atoms with Crippen LogP contribution in [0.15, 0.2) is 133 Å². The van der Waals surface area contributed by atoms with E-state index in [0.29, 0.717) is 0 Å². The highest BCUT2D eigenvalue weighted by atomic mass is 15.0. The van der Waals surface area contributed by atoms with E-state index in [0.717, 1.165) is 26.2 Å². The summed E-state index contributed by atoms with van der Waals surface area (Å²) < 4.78 is 10.5. The maximum atomic E-state index is 2.68. The normalized spacial score (nSPS) is 12.3. The van der Waals surface area contributed by atoms with E-state index in [1.807, 2.05) is 0 Å². The number of unbranched alkanes of at least 4 members (excludes halogenated alkanes) is 12. The first-order valence-electron chi connectivity index (χ1n) is 27.6. The van der Waals surface area contributed by atoms with Crippen molar-refractivity contribution in [2.75, 3.05) is 0 Å². The molecule has 0 aliphatic rings. The molecule has 70 heavy (non-hydrogen) atoms. The van der Waals surface area contributed by atoms with Gasteiger partial charge in [-0.1, -0.05) is 165 Å². The van der Waals surface area contributed by atoms with Crippen molar-refractivity contribution in [2.45, 2.75) is 157 Å². The molecule has 0 aliphatic carbocycles. The van der Waals surface area contributed by atoms with Gasteiger partial charge in [-0.05, 0) is 121 Å². The Bertz CT molecular complexity index is 3380. The van der Waals surface area contributed by atoms with Gasteiger partial charge in [0, 0.05) is 113 Å². The minimum Gasteiger partial charge on any atom is -0.340 e. The molecule has 11 rings (SSSR count). The molecule has 0 bridgehead atoms. The van der Waals surface area contributed by atoms with Crippen LogP contribution in [0.2, 0.25) is 0 Å². The molecule has 4 aromatic heterocycles. The molecule has 11 aromatic rings. The van der Waals surface area contributed by atoms with E-state index in [2.05, 4.69) is 179 Å². The van der Waals surface area contributed by atoms with E-state index in [4.69, 9.17) is 0 Å². The van der Waals surface area contributed by atoms with Gasteiger partial charge in [0.1, 0.15) is 0 Å². The van der Waals surface area contributed by atoms with Gasteiger partial charge in [-0.2, -0.15) is 0 Å². The van der Waals surface area contributed by atoms with Crippen LogP contribution in [0.25, 0.3) is 109 Å². The van der Waals surface area contributed by atoms with Gasteiger partial charge in [0.05, 0.1) is 0 Å². The van der Waals surface area contributed by atoms with Crippen LogP contribution >= 0.6 is 0 Å². The van der Waals surface area contributed by atoms with Crippen LogP contribution in [0.5, 0.6) is 0 Å². The van der Waals surface area contributed by atoms with Gasteiger partial charge in [0.15, 0.2) is 0 Å². The number of rotatable bonds is 22. The highest BCUT2D eigenvalue weighted by molar-refractivity contribution is 6.19. The molecule has 0 radical (unpaired) electrons. The molecule has 0 fully saturated rings. The summed E-state index contributed by atoms with van der Waals surface area (Å²) in [7, 11) is 0. The minimum atomic E-state index is 1.04. The smallest absolute Gasteiger partial charge is 0.0499 e. The molecule has 358 valence electrons. The first-order chi connectivity index (χ1) is 34.6. The number of aromatic nitrogens is 4. The van der Waals surface area contributed by atoms with E-state index < -0.39 is 0 Å². The standard InChI is InChI=1S/C66H74N4/c1-5-9-13-15-17-23-39-69-63-35-31-49(47-29-33-61-53(41-47)51-25-19-21-27-59(51)67(61)37-11-7-3)43-55(63)57-46-66-58(45-65(57)69)56-44-50(32-36-64(56)70(66)40-24-18-16-14-10-6-2)48-30-34-62-54(42-48)52-26-20-22-28-60(52)68(62)38-12-8-4/h19-22,25-36,41-46H,5-18,23-24,37-40H2,1-4H3. The van der Waals surface area contributed by atoms with Crippen molar-refractivity contribution in [3.05, 3.63) is 133 Å². The van der Waals surface area contributed by atoms with Crippen molar-refractivity contribution in [3.63, 3.8) is 0 Å². The summed E-state index contributed by atoms with van der Waals surface area (Å²) in [5, 5.41) is 10.9. The maximum Gasteiger partial charge on any atom is 0.0499 e. The van der Waals surface area contributed by atoms with Gasteiger partial charge in [-0.3, -0.25) is 0 Å². The Hall–Kier alpha value is -6.26. The molecular weight excluding hydrogens is 849 g/mol. The Labute approximate surface area is 415 Å². The second-order valence-electron chi connectivity index (χ2n) is 20.7. The number of nitrogens with zero attached hydrogens (tertiary/aromatic N) is 4. The molecular formula is C66H74N4. The van der Waals surface area contributed by atoms with Crippen LogP contribution in [-0.4, -0.2) is 18.3 Å². The molecule has 0 N–H and O–H groups in total. The van der Waals surface area contributed by atoms with E-state index in [1.165, 1.54) is 212 Å². The molecule has 0 unspecified atom stereocenters. The summed E-state index contributed by atoms with van der Waals surface area (Å²) in [5.41, 5.74) is 16.0. The molecule has 0 saturated heterocycles. The molecule has 4 heterocycles. The number of fused-ring (bicyclic) bond motifs is 12. The van der Waals surface area contributed by atoms with Gasteiger partial charge in [-0.25, -0.2) is 0 Å². The fourth-order valence-electron chi connectivity index (χ4n) is 12.2. The largest absolute Gasteiger partial charge is 0.340 e. The topological polar surface area (TPSA) is 19.7 Å². The number of hydrogen-bond donors (Lipinski definition) is 0. The van der Waals surface area contributed by atoms with Gasteiger partial charge in [-0.15, -0.1) is 0 Å². The Morgan fingerprint density at radius 1 is 0.229 bits per heavy atom. The quantitative estimate of drug-likeness (QED) is 0.0604. The Balaban J connectivity index is 1.06. The summed E-state index contributed by atoms with van der Waals surface area (Å²) in [4.78, 5) is 0. The minimum absolute atomic E-state index is 1.04. The van der Waals surface area contributed by atoms with Gasteiger partial charge >= 0.3 is 0 Å². The zero-order valence-corrected chi connectivity index (χ0v) is 42.6. The monoisotopic (exact) mass is 923 g/mol. The molecule has 4 heteroatoms. The fourth-order valence-corrected chi connectivity index (χ4v) is 12.2. The zero-order valence-electron chi connectivity index (χ0n) is 42.6. The summed E-state index contributed by atoms with van der Waals surface area (Å²) >= 11 is 0. The van der Waals surface area contributed by atoms with Crippen LogP contribution in [-0.2, 0) is 26.2 Å². The van der Waals surface area contributed by atoms with Crippen molar-refractivity contribution < 1.29 is 0 Å². The average molecular weight is 923 g/mol. The zero-order chi connectivity index (χ0) is 47.6. The first kappa shape index (κ1) is 46.1. The molecule has 7 aromatic carbocycles. The van der Waals surface area contributed by atoms with Crippen molar-refractivity contribution in [1.29, 1.82) is 0 Å². The Morgan fingerprint density at radius 2 is 0.500 bits per heavy atom. The fraction of sp³-hybridized carbons (Fsp3) is 0.364. The predicted molar refractivity (Wildman–Crippen MR) is 306 cm³/mol. The van der Waals surface area contributed by atoms with Crippen molar-refractivity contribution >= 4 is 87.2 Å². The van der Waals surface area contributed by atoms with E-state index in [9.17, 15) is 0 Å². The number of para-hydroxylation sites is 2. The number of hydrogen-bond acceptors (Lipinski definition) is 0. The van der Waals surface area contributed by atoms with Crippen molar-refractivity contribution in [3.8, 4) is 22.3 Å². The molecule has 0 saturated carbocycles. The average Bonchev–Trinajstić information content (AvgIpc) is 4.09. The van der Waals surface area contributed by atoms with Crippen LogP contribution in [0.4, 0.5) is 0 Å². The number of benzene rings is 7. The van der Waals surface area contributed by atoms with Crippen LogP contribution < -0.4 is 0 Å². The van der Waals surface area contributed by atoms with Gasteiger partial charge in [0.25, 0.3) is 0 Å². The van der Waals surface area contributed by atoms with E-state index in [1.54, 1.807) is 0 Å². The van der Waals surface area contributed by atoms with Gasteiger partial charge < -0.3 is 18.3 Å². The molecule has 0 spiro atoms. The molecule has 0 aliphatic heterocycles. The predicted octanol–water partition coefficient (Wildman–Crippen LogP) is 19.8. The lowest BCUT2D eigenvalue weighted by molar-refractivity contribution is 0.570. The summed E-state index contributed by atoms with van der Waals surface area (Å²) in [6.45, 7) is 13.4. The Kier molecular flexibility index (Phi) is 13.6. The first-order valence-corrected chi connectivity index (χ1v) is 27.6. The highest BCUT2D eigenvalue weighted by Crippen LogP contribution is 2.42. The third-order valence-electron chi connectivity index (χ3n) is 16.0. The lowest BCUT2D eigenvalue weighted by atomic mass is 9.99. The number of aryl methyl sites for hydroxylation is 4. The molecule has 0 atom stereocenters. The lowest BCUT2D eigenvalue weighted by Crippen LogP contribution is -1.99. The van der Waals surface area contributed by atoms with Crippen LogP contribution in [0.1, 0.15) is 130 Å². The second kappa shape index (κ2) is 20.6. The summed E-state index contributed by atoms with van der Waals surface area (Å²) in [6, 6.07) is 52.4. The summed E-state index contributed by atoms with van der Waals surface area (Å²) in [6.07, 6.45) is 20.2. The molecule has 0 amide bonds. The SMILES string of the molecule is CCCCCCCCn1c2ccc(-c3ccc4c(c3)c3ccccc3n4CCCC)cc2c2cc3c(cc21)c1cc(-c2ccc4c(c2)c2ccccc2n4CCCC)ccc1n3CCCCCCCC. The third-order valence-corrected chi connectivity index (χ3v) is 16.0. The highest BCUT2D eigenvalue weighted by Gasteiger charge is 2.20. The maximum absolute atomic E-state index is 2.68. The van der Waals surface area contributed by atoms with Crippen molar-refractivity contribution in [1.82, 2.24) is 18.3 Å². The third kappa shape index (κ3) is 8.50. The van der Waals surface area contributed by atoms with Crippen LogP contribution in [0.3, 0.4) is 0 Å². The van der Waals surface area contributed by atoms with Crippen molar-refractivity contribution in [2.24, 2.45) is 0 Å².